The maximum Gasteiger partial charge on any atom is 0.0445 e. The Morgan fingerprint density at radius 2 is 1.94 bits per heavy atom. The lowest BCUT2D eigenvalue weighted by Gasteiger charge is -2.23. The molecule has 2 unspecified atom stereocenters. The van der Waals surface area contributed by atoms with Gasteiger partial charge < -0.3 is 10.4 Å². The van der Waals surface area contributed by atoms with Crippen LogP contribution in [0.1, 0.15) is 43.4 Å². The molecular formula is C15H23NO. The number of hydrogen-bond acceptors (Lipinski definition) is 2. The molecule has 0 saturated heterocycles. The van der Waals surface area contributed by atoms with Crippen molar-refractivity contribution in [1.82, 2.24) is 5.32 Å². The highest BCUT2D eigenvalue weighted by atomic mass is 16.3. The normalized spacial score (nSPS) is 19.0. The summed E-state index contributed by atoms with van der Waals surface area (Å²) in [6.45, 7) is 4.54. The molecule has 17 heavy (non-hydrogen) atoms. The molecule has 1 fully saturated rings. The Morgan fingerprint density at radius 3 is 2.47 bits per heavy atom. The van der Waals surface area contributed by atoms with E-state index in [1.165, 1.54) is 24.0 Å². The van der Waals surface area contributed by atoms with Gasteiger partial charge in [0.15, 0.2) is 0 Å². The zero-order valence-electron chi connectivity index (χ0n) is 10.8. The van der Waals surface area contributed by atoms with Crippen molar-refractivity contribution in [3.63, 3.8) is 0 Å². The Labute approximate surface area is 104 Å². The lowest BCUT2D eigenvalue weighted by molar-refractivity contribution is 0.260. The van der Waals surface area contributed by atoms with Gasteiger partial charge in [-0.15, -0.1) is 0 Å². The maximum atomic E-state index is 8.97. The third kappa shape index (κ3) is 3.55. The highest BCUT2D eigenvalue weighted by Crippen LogP contribution is 2.41. The molecule has 2 rings (SSSR count). The Morgan fingerprint density at radius 1 is 1.29 bits per heavy atom. The van der Waals surface area contributed by atoms with E-state index in [2.05, 4.69) is 43.4 Å². The van der Waals surface area contributed by atoms with Gasteiger partial charge in [0.25, 0.3) is 0 Å². The molecule has 1 aromatic rings. The third-order valence-corrected chi connectivity index (χ3v) is 3.56. The van der Waals surface area contributed by atoms with Crippen molar-refractivity contribution in [2.45, 2.75) is 45.2 Å². The molecule has 0 aliphatic heterocycles. The first-order valence-corrected chi connectivity index (χ1v) is 6.64. The standard InChI is InChI=1S/C15H23NO/c1-11-3-5-13(6-4-11)15(14-7-8-14)16-12(2)9-10-17/h3-6,12,14-17H,7-10H2,1-2H3. The van der Waals surface area contributed by atoms with Crippen LogP contribution in [0, 0.1) is 12.8 Å². The van der Waals surface area contributed by atoms with E-state index in [9.17, 15) is 0 Å². The first-order chi connectivity index (χ1) is 8.20. The molecule has 0 bridgehead atoms. The fraction of sp³-hybridized carbons (Fsp3) is 0.600. The quantitative estimate of drug-likeness (QED) is 0.792. The van der Waals surface area contributed by atoms with Gasteiger partial charge in [0, 0.05) is 18.7 Å². The Kier molecular flexibility index (Phi) is 4.19. The van der Waals surface area contributed by atoms with Crippen LogP contribution < -0.4 is 5.32 Å². The minimum Gasteiger partial charge on any atom is -0.396 e. The van der Waals surface area contributed by atoms with Gasteiger partial charge in [0.2, 0.25) is 0 Å². The van der Waals surface area contributed by atoms with Crippen LogP contribution in [0.5, 0.6) is 0 Å². The van der Waals surface area contributed by atoms with E-state index in [4.69, 9.17) is 5.11 Å². The van der Waals surface area contributed by atoms with E-state index in [1.807, 2.05) is 0 Å². The molecule has 2 nitrogen and oxygen atoms in total. The van der Waals surface area contributed by atoms with Crippen molar-refractivity contribution in [2.75, 3.05) is 6.61 Å². The average molecular weight is 233 g/mol. The number of rotatable bonds is 6. The molecule has 1 aliphatic carbocycles. The van der Waals surface area contributed by atoms with E-state index in [0.717, 1.165) is 12.3 Å². The van der Waals surface area contributed by atoms with Gasteiger partial charge in [-0.2, -0.15) is 0 Å². The van der Waals surface area contributed by atoms with Crippen LogP contribution in [0.3, 0.4) is 0 Å². The smallest absolute Gasteiger partial charge is 0.0445 e. The molecule has 0 heterocycles. The second-order valence-electron chi connectivity index (χ2n) is 5.31. The largest absolute Gasteiger partial charge is 0.396 e. The summed E-state index contributed by atoms with van der Waals surface area (Å²) in [4.78, 5) is 0. The predicted molar refractivity (Wildman–Crippen MR) is 70.9 cm³/mol. The summed E-state index contributed by atoms with van der Waals surface area (Å²) < 4.78 is 0. The van der Waals surface area contributed by atoms with Gasteiger partial charge in [-0.05, 0) is 44.6 Å². The second-order valence-corrected chi connectivity index (χ2v) is 5.31. The average Bonchev–Trinajstić information content (AvgIpc) is 3.12. The van der Waals surface area contributed by atoms with Crippen LogP contribution in [-0.4, -0.2) is 17.8 Å². The van der Waals surface area contributed by atoms with Crippen LogP contribution >= 0.6 is 0 Å². The minimum absolute atomic E-state index is 0.263. The monoisotopic (exact) mass is 233 g/mol. The lowest BCUT2D eigenvalue weighted by atomic mass is 10.00. The minimum atomic E-state index is 0.263. The molecule has 1 aliphatic rings. The topological polar surface area (TPSA) is 32.3 Å². The molecule has 2 N–H and O–H groups in total. The van der Waals surface area contributed by atoms with E-state index >= 15 is 0 Å². The highest BCUT2D eigenvalue weighted by molar-refractivity contribution is 5.25. The van der Waals surface area contributed by atoms with Crippen molar-refractivity contribution >= 4 is 0 Å². The van der Waals surface area contributed by atoms with Gasteiger partial charge >= 0.3 is 0 Å². The third-order valence-electron chi connectivity index (χ3n) is 3.56. The van der Waals surface area contributed by atoms with Crippen LogP contribution in [0.2, 0.25) is 0 Å². The fourth-order valence-electron chi connectivity index (χ4n) is 2.29. The second kappa shape index (κ2) is 5.65. The van der Waals surface area contributed by atoms with Crippen molar-refractivity contribution in [2.24, 2.45) is 5.92 Å². The lowest BCUT2D eigenvalue weighted by Crippen LogP contribution is -2.32. The molecule has 1 saturated carbocycles. The molecule has 0 spiro atoms. The van der Waals surface area contributed by atoms with Crippen molar-refractivity contribution in [3.05, 3.63) is 35.4 Å². The molecular weight excluding hydrogens is 210 g/mol. The first kappa shape index (κ1) is 12.6. The Bertz CT molecular complexity index is 342. The summed E-state index contributed by atoms with van der Waals surface area (Å²) in [6, 6.07) is 9.68. The number of aliphatic hydroxyl groups is 1. The molecule has 2 heteroatoms. The van der Waals surface area contributed by atoms with E-state index < -0.39 is 0 Å². The van der Waals surface area contributed by atoms with Crippen LogP contribution in [-0.2, 0) is 0 Å². The zero-order chi connectivity index (χ0) is 12.3. The summed E-state index contributed by atoms with van der Waals surface area (Å²) in [7, 11) is 0. The summed E-state index contributed by atoms with van der Waals surface area (Å²) in [5.74, 6) is 0.791. The fourth-order valence-corrected chi connectivity index (χ4v) is 2.29. The summed E-state index contributed by atoms with van der Waals surface area (Å²) in [5.41, 5.74) is 2.70. The van der Waals surface area contributed by atoms with Crippen LogP contribution in [0.15, 0.2) is 24.3 Å². The molecule has 94 valence electrons. The molecule has 0 radical (unpaired) electrons. The van der Waals surface area contributed by atoms with Crippen molar-refractivity contribution < 1.29 is 5.11 Å². The van der Waals surface area contributed by atoms with Crippen LogP contribution in [0.25, 0.3) is 0 Å². The van der Waals surface area contributed by atoms with Gasteiger partial charge in [-0.1, -0.05) is 29.8 Å². The molecule has 0 aromatic heterocycles. The highest BCUT2D eigenvalue weighted by Gasteiger charge is 2.32. The predicted octanol–water partition coefficient (Wildman–Crippen LogP) is 2.81. The molecule has 2 atom stereocenters. The number of hydrogen-bond donors (Lipinski definition) is 2. The maximum absolute atomic E-state index is 8.97. The van der Waals surface area contributed by atoms with Gasteiger partial charge in [0.05, 0.1) is 0 Å². The van der Waals surface area contributed by atoms with Gasteiger partial charge in [-0.25, -0.2) is 0 Å². The van der Waals surface area contributed by atoms with Gasteiger partial charge in [-0.3, -0.25) is 0 Å². The number of aryl methyl sites for hydroxylation is 1. The van der Waals surface area contributed by atoms with Crippen molar-refractivity contribution in [1.29, 1.82) is 0 Å². The SMILES string of the molecule is Cc1ccc(C(NC(C)CCO)C2CC2)cc1. The van der Waals surface area contributed by atoms with E-state index in [0.29, 0.717) is 12.1 Å². The van der Waals surface area contributed by atoms with Gasteiger partial charge in [0.1, 0.15) is 0 Å². The number of nitrogens with one attached hydrogen (secondary N) is 1. The number of aliphatic hydroxyl groups excluding tert-OH is 1. The molecule has 0 amide bonds. The Balaban J connectivity index is 2.04. The summed E-state index contributed by atoms with van der Waals surface area (Å²) >= 11 is 0. The molecule has 1 aromatic carbocycles. The first-order valence-electron chi connectivity index (χ1n) is 6.64. The summed E-state index contributed by atoms with van der Waals surface area (Å²) in [6.07, 6.45) is 3.49. The zero-order valence-corrected chi connectivity index (χ0v) is 10.8. The Hall–Kier alpha value is -0.860. The number of benzene rings is 1. The van der Waals surface area contributed by atoms with Crippen molar-refractivity contribution in [3.8, 4) is 0 Å². The van der Waals surface area contributed by atoms with Crippen LogP contribution in [0.4, 0.5) is 0 Å². The van der Waals surface area contributed by atoms with E-state index in [-0.39, 0.29) is 6.61 Å². The summed E-state index contributed by atoms with van der Waals surface area (Å²) in [5, 5.41) is 12.6. The van der Waals surface area contributed by atoms with E-state index in [1.54, 1.807) is 0 Å².